The molecule has 0 aliphatic carbocycles. The van der Waals surface area contributed by atoms with Crippen LogP contribution in [0.15, 0.2) is 24.3 Å². The van der Waals surface area contributed by atoms with Gasteiger partial charge < -0.3 is 33.5 Å². The number of aliphatic hydroxyl groups excluding tert-OH is 1. The van der Waals surface area contributed by atoms with Gasteiger partial charge in [-0.1, -0.05) is 0 Å². The number of aliphatic hydroxyl groups is 1. The number of hydrogen-bond donors (Lipinski definition) is 1. The van der Waals surface area contributed by atoms with Gasteiger partial charge in [0.25, 0.3) is 0 Å². The lowest BCUT2D eigenvalue weighted by Gasteiger charge is -2.21. The summed E-state index contributed by atoms with van der Waals surface area (Å²) in [6.45, 7) is 0. The van der Waals surface area contributed by atoms with E-state index in [0.29, 0.717) is 45.6 Å². The van der Waals surface area contributed by atoms with Crippen LogP contribution in [-0.2, 0) is 0 Å². The van der Waals surface area contributed by atoms with Crippen LogP contribution in [0, 0.1) is 0 Å². The summed E-state index contributed by atoms with van der Waals surface area (Å²) in [4.78, 5) is 0. The quantitative estimate of drug-likeness (QED) is 0.772. The molecule has 7 heteroatoms. The summed E-state index contributed by atoms with van der Waals surface area (Å²) in [7, 11) is 9.11. The van der Waals surface area contributed by atoms with E-state index in [1.54, 1.807) is 24.3 Å². The minimum atomic E-state index is -1.02. The Hall–Kier alpha value is -2.80. The standard InChI is InChI=1S/C19H24O7/c1-21-13-8-7-12(17(24-4)19(13)26-6)16(20)11-9-14(22-2)18(25-5)15(10-11)23-3/h7-10,16,20H,1-6H3. The Labute approximate surface area is 153 Å². The predicted molar refractivity (Wildman–Crippen MR) is 96.3 cm³/mol. The fraction of sp³-hybridized carbons (Fsp3) is 0.368. The van der Waals surface area contributed by atoms with E-state index >= 15 is 0 Å². The highest BCUT2D eigenvalue weighted by atomic mass is 16.5. The van der Waals surface area contributed by atoms with Crippen molar-refractivity contribution in [1.82, 2.24) is 0 Å². The topological polar surface area (TPSA) is 75.6 Å². The fourth-order valence-electron chi connectivity index (χ4n) is 2.78. The first kappa shape index (κ1) is 19.5. The number of benzene rings is 2. The molecule has 0 spiro atoms. The van der Waals surface area contributed by atoms with Crippen LogP contribution in [0.5, 0.6) is 34.5 Å². The molecule has 2 rings (SSSR count). The van der Waals surface area contributed by atoms with Crippen molar-refractivity contribution in [2.45, 2.75) is 6.10 Å². The van der Waals surface area contributed by atoms with Gasteiger partial charge in [0.2, 0.25) is 11.5 Å². The van der Waals surface area contributed by atoms with Gasteiger partial charge in [-0.05, 0) is 29.8 Å². The van der Waals surface area contributed by atoms with Gasteiger partial charge in [-0.2, -0.15) is 0 Å². The molecule has 0 fully saturated rings. The van der Waals surface area contributed by atoms with E-state index in [9.17, 15) is 5.11 Å². The molecule has 0 bridgehead atoms. The van der Waals surface area contributed by atoms with Crippen LogP contribution in [-0.4, -0.2) is 47.8 Å². The first-order chi connectivity index (χ1) is 12.6. The van der Waals surface area contributed by atoms with Gasteiger partial charge in [0.1, 0.15) is 6.10 Å². The maximum Gasteiger partial charge on any atom is 0.203 e. The lowest BCUT2D eigenvalue weighted by molar-refractivity contribution is 0.210. The SMILES string of the molecule is COc1cc(C(O)c2ccc(OC)c(OC)c2OC)cc(OC)c1OC. The van der Waals surface area contributed by atoms with E-state index in [0.717, 1.165) is 0 Å². The molecule has 1 N–H and O–H groups in total. The smallest absolute Gasteiger partial charge is 0.203 e. The molecule has 0 aromatic heterocycles. The molecular weight excluding hydrogens is 340 g/mol. The normalized spacial score (nSPS) is 11.5. The lowest BCUT2D eigenvalue weighted by atomic mass is 9.99. The van der Waals surface area contributed by atoms with Crippen molar-refractivity contribution in [3.63, 3.8) is 0 Å². The number of rotatable bonds is 8. The minimum Gasteiger partial charge on any atom is -0.493 e. The second-order valence-corrected chi connectivity index (χ2v) is 5.28. The molecule has 0 saturated heterocycles. The molecule has 1 atom stereocenters. The van der Waals surface area contributed by atoms with Crippen LogP contribution >= 0.6 is 0 Å². The summed E-state index contributed by atoms with van der Waals surface area (Å²) < 4.78 is 32.1. The highest BCUT2D eigenvalue weighted by Gasteiger charge is 2.24. The molecule has 0 aliphatic heterocycles. The molecule has 2 aromatic carbocycles. The molecule has 0 saturated carbocycles. The van der Waals surface area contributed by atoms with Crippen molar-refractivity contribution >= 4 is 0 Å². The average Bonchev–Trinajstić information content (AvgIpc) is 2.70. The fourth-order valence-corrected chi connectivity index (χ4v) is 2.78. The Morgan fingerprint density at radius 1 is 0.615 bits per heavy atom. The van der Waals surface area contributed by atoms with Crippen molar-refractivity contribution < 1.29 is 33.5 Å². The first-order valence-electron chi connectivity index (χ1n) is 7.83. The van der Waals surface area contributed by atoms with Gasteiger partial charge in [0.15, 0.2) is 23.0 Å². The van der Waals surface area contributed by atoms with Gasteiger partial charge in [-0.15, -0.1) is 0 Å². The van der Waals surface area contributed by atoms with E-state index in [4.69, 9.17) is 28.4 Å². The molecule has 0 radical (unpaired) electrons. The summed E-state index contributed by atoms with van der Waals surface area (Å²) in [5.74, 6) is 2.63. The van der Waals surface area contributed by atoms with E-state index in [2.05, 4.69) is 0 Å². The highest BCUT2D eigenvalue weighted by molar-refractivity contribution is 5.60. The van der Waals surface area contributed by atoms with Crippen molar-refractivity contribution in [3.05, 3.63) is 35.4 Å². The van der Waals surface area contributed by atoms with Crippen molar-refractivity contribution in [3.8, 4) is 34.5 Å². The van der Waals surface area contributed by atoms with Crippen molar-refractivity contribution in [1.29, 1.82) is 0 Å². The molecule has 0 amide bonds. The zero-order valence-electron chi connectivity index (χ0n) is 15.8. The van der Waals surface area contributed by atoms with Crippen LogP contribution in [0.25, 0.3) is 0 Å². The largest absolute Gasteiger partial charge is 0.493 e. The van der Waals surface area contributed by atoms with E-state index in [1.165, 1.54) is 42.7 Å². The second kappa shape index (κ2) is 8.53. The summed E-state index contributed by atoms with van der Waals surface area (Å²) in [5.41, 5.74) is 1.06. The Morgan fingerprint density at radius 3 is 1.54 bits per heavy atom. The molecular formula is C19H24O7. The Morgan fingerprint density at radius 2 is 1.12 bits per heavy atom. The van der Waals surface area contributed by atoms with E-state index in [-0.39, 0.29) is 0 Å². The Balaban J connectivity index is 2.61. The maximum atomic E-state index is 11.0. The van der Waals surface area contributed by atoms with E-state index in [1.807, 2.05) is 0 Å². The predicted octanol–water partition coefficient (Wildman–Crippen LogP) is 2.82. The van der Waals surface area contributed by atoms with Crippen LogP contribution in [0.2, 0.25) is 0 Å². The summed E-state index contributed by atoms with van der Waals surface area (Å²) >= 11 is 0. The summed E-state index contributed by atoms with van der Waals surface area (Å²) in [6.07, 6.45) is -1.02. The number of methoxy groups -OCH3 is 6. The summed E-state index contributed by atoms with van der Waals surface area (Å²) in [5, 5.41) is 11.0. The maximum absolute atomic E-state index is 11.0. The molecule has 2 aromatic rings. The average molecular weight is 364 g/mol. The van der Waals surface area contributed by atoms with Gasteiger partial charge >= 0.3 is 0 Å². The molecule has 0 aliphatic rings. The lowest BCUT2D eigenvalue weighted by Crippen LogP contribution is -2.06. The van der Waals surface area contributed by atoms with Gasteiger partial charge in [-0.25, -0.2) is 0 Å². The third-order valence-electron chi connectivity index (χ3n) is 4.03. The van der Waals surface area contributed by atoms with Gasteiger partial charge in [0, 0.05) is 5.56 Å². The van der Waals surface area contributed by atoms with Gasteiger partial charge in [0.05, 0.1) is 42.7 Å². The van der Waals surface area contributed by atoms with Gasteiger partial charge in [-0.3, -0.25) is 0 Å². The van der Waals surface area contributed by atoms with Crippen LogP contribution < -0.4 is 28.4 Å². The third kappa shape index (κ3) is 3.43. The van der Waals surface area contributed by atoms with Crippen LogP contribution in [0.3, 0.4) is 0 Å². The Bertz CT molecular complexity index is 733. The monoisotopic (exact) mass is 364 g/mol. The minimum absolute atomic E-state index is 0.383. The number of hydrogen-bond acceptors (Lipinski definition) is 7. The number of ether oxygens (including phenoxy) is 6. The second-order valence-electron chi connectivity index (χ2n) is 5.28. The molecule has 142 valence electrons. The molecule has 1 unspecified atom stereocenters. The zero-order chi connectivity index (χ0) is 19.3. The highest BCUT2D eigenvalue weighted by Crippen LogP contribution is 2.46. The molecule has 0 heterocycles. The van der Waals surface area contributed by atoms with Crippen LogP contribution in [0.4, 0.5) is 0 Å². The van der Waals surface area contributed by atoms with Crippen molar-refractivity contribution in [2.75, 3.05) is 42.7 Å². The molecule has 26 heavy (non-hydrogen) atoms. The summed E-state index contributed by atoms with van der Waals surface area (Å²) in [6, 6.07) is 6.79. The zero-order valence-corrected chi connectivity index (χ0v) is 15.8. The van der Waals surface area contributed by atoms with E-state index < -0.39 is 6.10 Å². The third-order valence-corrected chi connectivity index (χ3v) is 4.03. The van der Waals surface area contributed by atoms with Crippen LogP contribution in [0.1, 0.15) is 17.2 Å². The van der Waals surface area contributed by atoms with Crippen molar-refractivity contribution in [2.24, 2.45) is 0 Å². The first-order valence-corrected chi connectivity index (χ1v) is 7.83. The Kier molecular flexibility index (Phi) is 6.41. The molecule has 7 nitrogen and oxygen atoms in total.